The van der Waals surface area contributed by atoms with Gasteiger partial charge in [-0.3, -0.25) is 9.59 Å². The van der Waals surface area contributed by atoms with Crippen molar-refractivity contribution in [1.82, 2.24) is 20.5 Å². The van der Waals surface area contributed by atoms with E-state index in [0.717, 1.165) is 25.7 Å². The lowest BCUT2D eigenvalue weighted by atomic mass is 9.85. The number of esters is 2. The lowest BCUT2D eigenvalue weighted by Crippen LogP contribution is -2.59. The fourth-order valence-electron chi connectivity index (χ4n) is 6.84. The van der Waals surface area contributed by atoms with Crippen molar-refractivity contribution in [1.29, 1.82) is 0 Å². The van der Waals surface area contributed by atoms with Gasteiger partial charge < -0.3 is 39.2 Å². The smallest absolute Gasteiger partial charge is 0.408 e. The standard InChI is InChI=1S/C36H45BrN4O10/c1-8-19-17-36(19,33(45)49-7)40-30(42)24-15-21(18-41(24)31(43)29(35(2,3)4)39-34(46)51-20-11-9-10-12-20)50-26-16-23(32(44)48-6)38-28-22(26)13-14-25(47-5)27(28)37/h8,13-14,16,19-21,24,29H,1,9-12,15,17-18H2,2-7H3,(H,39,46)(H,40,42)/t19-,21-,24+,29-,36-/m1/s1. The number of nitrogens with zero attached hydrogens (tertiary/aromatic N) is 2. The van der Waals surface area contributed by atoms with Crippen LogP contribution in [-0.2, 0) is 28.6 Å². The van der Waals surface area contributed by atoms with Gasteiger partial charge in [-0.1, -0.05) is 26.8 Å². The molecule has 2 saturated carbocycles. The molecule has 51 heavy (non-hydrogen) atoms. The highest BCUT2D eigenvalue weighted by Gasteiger charge is 2.62. The van der Waals surface area contributed by atoms with Gasteiger partial charge >= 0.3 is 18.0 Å². The first-order valence-corrected chi connectivity index (χ1v) is 17.7. The summed E-state index contributed by atoms with van der Waals surface area (Å²) in [4.78, 5) is 73.0. The lowest BCUT2D eigenvalue weighted by molar-refractivity contribution is -0.148. The number of ether oxygens (including phenoxy) is 5. The second kappa shape index (κ2) is 15.1. The number of hydrogen-bond donors (Lipinski definition) is 2. The van der Waals surface area contributed by atoms with E-state index >= 15 is 0 Å². The minimum atomic E-state index is -1.31. The topological polar surface area (TPSA) is 172 Å². The number of hydrogen-bond acceptors (Lipinski definition) is 11. The van der Waals surface area contributed by atoms with Crippen LogP contribution < -0.4 is 20.1 Å². The molecule has 2 N–H and O–H groups in total. The summed E-state index contributed by atoms with van der Waals surface area (Å²) < 4.78 is 28.0. The molecule has 2 aromatic rings. The summed E-state index contributed by atoms with van der Waals surface area (Å²) in [6.45, 7) is 9.13. The van der Waals surface area contributed by atoms with Crippen LogP contribution in [-0.4, -0.2) is 97.4 Å². The molecule has 3 aliphatic rings. The molecule has 5 rings (SSSR count). The number of alkyl carbamates (subject to hydrolysis) is 1. The molecule has 1 aromatic heterocycles. The van der Waals surface area contributed by atoms with E-state index in [1.165, 1.54) is 32.3 Å². The molecule has 0 spiro atoms. The van der Waals surface area contributed by atoms with Crippen molar-refractivity contribution in [3.8, 4) is 11.5 Å². The minimum Gasteiger partial charge on any atom is -0.495 e. The van der Waals surface area contributed by atoms with Crippen molar-refractivity contribution < 1.29 is 47.7 Å². The van der Waals surface area contributed by atoms with Gasteiger partial charge in [0.2, 0.25) is 11.8 Å². The normalized spacial score (nSPS) is 23.6. The maximum Gasteiger partial charge on any atom is 0.408 e. The fourth-order valence-corrected chi connectivity index (χ4v) is 7.44. The molecular weight excluding hydrogens is 728 g/mol. The summed E-state index contributed by atoms with van der Waals surface area (Å²) in [5, 5.41) is 6.14. The Balaban J connectivity index is 1.49. The number of fused-ring (bicyclic) bond motifs is 1. The molecule has 0 bridgehead atoms. The minimum absolute atomic E-state index is 0.0195. The van der Waals surface area contributed by atoms with E-state index in [2.05, 4.69) is 38.1 Å². The van der Waals surface area contributed by atoms with E-state index in [9.17, 15) is 24.0 Å². The van der Waals surface area contributed by atoms with Crippen LogP contribution >= 0.6 is 15.9 Å². The number of carbonyl (C=O) groups is 5. The van der Waals surface area contributed by atoms with Crippen LogP contribution in [0.2, 0.25) is 0 Å². The maximum absolute atomic E-state index is 14.5. The highest BCUT2D eigenvalue weighted by Crippen LogP contribution is 2.46. The third kappa shape index (κ3) is 7.77. The molecule has 1 aromatic carbocycles. The monoisotopic (exact) mass is 772 g/mol. The molecule has 2 heterocycles. The van der Waals surface area contributed by atoms with Gasteiger partial charge in [0.25, 0.3) is 0 Å². The van der Waals surface area contributed by atoms with E-state index in [4.69, 9.17) is 23.7 Å². The number of nitrogens with one attached hydrogen (secondary N) is 2. The first-order chi connectivity index (χ1) is 24.2. The Morgan fingerprint density at radius 2 is 1.76 bits per heavy atom. The van der Waals surface area contributed by atoms with E-state index in [0.29, 0.717) is 27.5 Å². The number of rotatable bonds is 11. The number of halogens is 1. The summed E-state index contributed by atoms with van der Waals surface area (Å²) in [7, 11) is 3.98. The number of carbonyl (C=O) groups excluding carboxylic acids is 5. The third-order valence-corrected chi connectivity index (χ3v) is 10.5. The Morgan fingerprint density at radius 1 is 1.06 bits per heavy atom. The SMILES string of the molecule is C=C[C@@H]1C[C@]1(NC(=O)[C@@H]1C[C@@H](Oc2cc(C(=O)OC)nc3c(Br)c(OC)ccc23)CN1C(=O)[C@@H](NC(=O)OC1CCCC1)C(C)(C)C)C(=O)OC. The molecule has 2 aliphatic carbocycles. The molecule has 276 valence electrons. The molecule has 3 amide bonds. The molecule has 0 unspecified atom stereocenters. The predicted molar refractivity (Wildman–Crippen MR) is 188 cm³/mol. The molecule has 3 fully saturated rings. The molecular formula is C36H45BrN4O10. The average molecular weight is 774 g/mol. The van der Waals surface area contributed by atoms with Gasteiger partial charge in [-0.2, -0.15) is 0 Å². The molecule has 1 saturated heterocycles. The highest BCUT2D eigenvalue weighted by molar-refractivity contribution is 9.10. The summed E-state index contributed by atoms with van der Waals surface area (Å²) >= 11 is 3.50. The van der Waals surface area contributed by atoms with Crippen molar-refractivity contribution in [2.45, 2.75) is 89.1 Å². The fraction of sp³-hybridized carbons (Fsp3) is 0.556. The van der Waals surface area contributed by atoms with E-state index in [1.54, 1.807) is 39.0 Å². The summed E-state index contributed by atoms with van der Waals surface area (Å²) in [5.74, 6) is -2.05. The molecule has 1 aliphatic heterocycles. The largest absolute Gasteiger partial charge is 0.495 e. The number of amides is 3. The number of methoxy groups -OCH3 is 3. The number of benzene rings is 1. The quantitative estimate of drug-likeness (QED) is 0.188. The van der Waals surface area contributed by atoms with Gasteiger partial charge in [0.1, 0.15) is 41.3 Å². The number of likely N-dealkylation sites (tertiary alicyclic amines) is 1. The summed E-state index contributed by atoms with van der Waals surface area (Å²) in [6, 6.07) is 2.70. The van der Waals surface area contributed by atoms with E-state index in [1.807, 2.05) is 0 Å². The van der Waals surface area contributed by atoms with Crippen molar-refractivity contribution in [3.63, 3.8) is 0 Å². The lowest BCUT2D eigenvalue weighted by Gasteiger charge is -2.35. The van der Waals surface area contributed by atoms with Crippen LogP contribution in [0.3, 0.4) is 0 Å². The molecule has 15 heteroatoms. The highest BCUT2D eigenvalue weighted by atomic mass is 79.9. The Hall–Kier alpha value is -4.40. The maximum atomic E-state index is 14.5. The van der Waals surface area contributed by atoms with Crippen LogP contribution in [0.25, 0.3) is 10.9 Å². The molecule has 14 nitrogen and oxygen atoms in total. The third-order valence-electron chi connectivity index (χ3n) is 9.75. The van der Waals surface area contributed by atoms with Crippen molar-refractivity contribution in [2.75, 3.05) is 27.9 Å². The van der Waals surface area contributed by atoms with Gasteiger partial charge in [0.15, 0.2) is 5.69 Å². The van der Waals surface area contributed by atoms with Gasteiger partial charge in [0.05, 0.1) is 37.9 Å². The number of pyridine rings is 1. The second-order valence-corrected chi connectivity index (χ2v) is 15.0. The Labute approximate surface area is 305 Å². The van der Waals surface area contributed by atoms with Crippen molar-refractivity contribution in [3.05, 3.63) is 41.0 Å². The number of aromatic nitrogens is 1. The van der Waals surface area contributed by atoms with Crippen LogP contribution in [0, 0.1) is 11.3 Å². The van der Waals surface area contributed by atoms with Crippen molar-refractivity contribution in [2.24, 2.45) is 11.3 Å². The Kier molecular flexibility index (Phi) is 11.2. The molecule has 5 atom stereocenters. The Morgan fingerprint density at radius 3 is 2.35 bits per heavy atom. The van der Waals surface area contributed by atoms with Gasteiger partial charge in [-0.25, -0.2) is 19.4 Å². The van der Waals surface area contributed by atoms with Crippen LogP contribution in [0.5, 0.6) is 11.5 Å². The van der Waals surface area contributed by atoms with Gasteiger partial charge in [0, 0.05) is 23.8 Å². The average Bonchev–Trinajstić information content (AvgIpc) is 3.36. The van der Waals surface area contributed by atoms with Crippen LogP contribution in [0.4, 0.5) is 4.79 Å². The van der Waals surface area contributed by atoms with Gasteiger partial charge in [-0.15, -0.1) is 6.58 Å². The molecule has 0 radical (unpaired) electrons. The van der Waals surface area contributed by atoms with Crippen LogP contribution in [0.15, 0.2) is 35.3 Å². The first-order valence-electron chi connectivity index (χ1n) is 16.9. The first kappa shape index (κ1) is 37.8. The van der Waals surface area contributed by atoms with E-state index < -0.39 is 59.0 Å². The zero-order valence-electron chi connectivity index (χ0n) is 29.7. The van der Waals surface area contributed by atoms with Crippen molar-refractivity contribution >= 4 is 56.7 Å². The summed E-state index contributed by atoms with van der Waals surface area (Å²) in [5.41, 5.74) is -1.76. The zero-order chi connectivity index (χ0) is 37.2. The zero-order valence-corrected chi connectivity index (χ0v) is 31.3. The van der Waals surface area contributed by atoms with E-state index in [-0.39, 0.29) is 36.4 Å². The summed E-state index contributed by atoms with van der Waals surface area (Å²) in [6.07, 6.45) is 3.64. The predicted octanol–water partition coefficient (Wildman–Crippen LogP) is 4.46. The van der Waals surface area contributed by atoms with Crippen LogP contribution in [0.1, 0.15) is 69.8 Å². The second-order valence-electron chi connectivity index (χ2n) is 14.2. The Bertz CT molecular complexity index is 1720. The van der Waals surface area contributed by atoms with Gasteiger partial charge in [-0.05, 0) is 65.6 Å².